The van der Waals surface area contributed by atoms with E-state index in [9.17, 15) is 4.79 Å². The highest BCUT2D eigenvalue weighted by molar-refractivity contribution is 5.75. The number of hydrogen-bond acceptors (Lipinski definition) is 3. The van der Waals surface area contributed by atoms with Crippen LogP contribution in [0.5, 0.6) is 11.5 Å². The predicted octanol–water partition coefficient (Wildman–Crippen LogP) is 3.23. The van der Waals surface area contributed by atoms with Gasteiger partial charge >= 0.3 is 6.03 Å². The van der Waals surface area contributed by atoms with Crippen LogP contribution in [-0.4, -0.2) is 26.8 Å². The Hall–Kier alpha value is -2.69. The fourth-order valence-electron chi connectivity index (χ4n) is 2.97. The monoisotopic (exact) mass is 340 g/mol. The summed E-state index contributed by atoms with van der Waals surface area (Å²) in [6, 6.07) is 15.8. The molecule has 1 saturated carbocycles. The van der Waals surface area contributed by atoms with Crippen LogP contribution in [-0.2, 0) is 12.0 Å². The van der Waals surface area contributed by atoms with Crippen LogP contribution >= 0.6 is 0 Å². The van der Waals surface area contributed by atoms with Crippen molar-refractivity contribution >= 4 is 6.03 Å². The van der Waals surface area contributed by atoms with Crippen molar-refractivity contribution in [2.45, 2.75) is 24.8 Å². The molecule has 132 valence electrons. The van der Waals surface area contributed by atoms with E-state index < -0.39 is 0 Å². The topological polar surface area (TPSA) is 59.6 Å². The molecule has 0 spiro atoms. The Morgan fingerprint density at radius 2 is 1.76 bits per heavy atom. The van der Waals surface area contributed by atoms with Gasteiger partial charge in [-0.15, -0.1) is 0 Å². The molecule has 5 nitrogen and oxygen atoms in total. The van der Waals surface area contributed by atoms with Gasteiger partial charge in [-0.05, 0) is 42.5 Å². The summed E-state index contributed by atoms with van der Waals surface area (Å²) in [6.45, 7) is 0.609. The van der Waals surface area contributed by atoms with Gasteiger partial charge in [0.1, 0.15) is 0 Å². The predicted molar refractivity (Wildman–Crippen MR) is 97.1 cm³/mol. The Kier molecular flexibility index (Phi) is 5.12. The van der Waals surface area contributed by atoms with Gasteiger partial charge in [0.2, 0.25) is 0 Å². The molecule has 0 saturated heterocycles. The van der Waals surface area contributed by atoms with Crippen LogP contribution in [0.4, 0.5) is 4.79 Å². The number of amides is 2. The van der Waals surface area contributed by atoms with Crippen molar-refractivity contribution in [1.82, 2.24) is 10.6 Å². The Labute approximate surface area is 148 Å². The highest BCUT2D eigenvalue weighted by atomic mass is 16.5. The highest BCUT2D eigenvalue weighted by Crippen LogP contribution is 2.47. The number of carbonyl (C=O) groups excluding carboxylic acids is 1. The van der Waals surface area contributed by atoms with Crippen LogP contribution in [0.15, 0.2) is 48.5 Å². The van der Waals surface area contributed by atoms with Gasteiger partial charge in [0.15, 0.2) is 11.5 Å². The molecule has 25 heavy (non-hydrogen) atoms. The van der Waals surface area contributed by atoms with Gasteiger partial charge in [0.05, 0.1) is 19.8 Å². The Morgan fingerprint density at radius 1 is 1.04 bits per heavy atom. The number of carbonyl (C=O) groups is 1. The van der Waals surface area contributed by atoms with E-state index in [2.05, 4.69) is 22.8 Å². The molecule has 0 atom stereocenters. The summed E-state index contributed by atoms with van der Waals surface area (Å²) >= 11 is 0. The lowest BCUT2D eigenvalue weighted by molar-refractivity contribution is 0.236. The number of ether oxygens (including phenoxy) is 2. The smallest absolute Gasteiger partial charge is 0.315 e. The van der Waals surface area contributed by atoms with Crippen molar-refractivity contribution in [2.75, 3.05) is 20.8 Å². The molecule has 3 rings (SSSR count). The highest BCUT2D eigenvalue weighted by Gasteiger charge is 2.46. The van der Waals surface area contributed by atoms with Crippen molar-refractivity contribution in [3.8, 4) is 11.5 Å². The first-order valence-corrected chi connectivity index (χ1v) is 8.49. The number of benzene rings is 2. The van der Waals surface area contributed by atoms with Gasteiger partial charge in [-0.3, -0.25) is 0 Å². The molecule has 2 N–H and O–H groups in total. The molecule has 0 aromatic heterocycles. The third-order valence-corrected chi connectivity index (χ3v) is 4.58. The van der Waals surface area contributed by atoms with Crippen molar-refractivity contribution < 1.29 is 14.3 Å². The van der Waals surface area contributed by atoms with E-state index in [4.69, 9.17) is 9.47 Å². The van der Waals surface area contributed by atoms with Crippen LogP contribution in [0.25, 0.3) is 0 Å². The van der Waals surface area contributed by atoms with Crippen LogP contribution < -0.4 is 20.1 Å². The van der Waals surface area contributed by atoms with Gasteiger partial charge in [0.25, 0.3) is 0 Å². The first kappa shape index (κ1) is 17.1. The van der Waals surface area contributed by atoms with Gasteiger partial charge < -0.3 is 20.1 Å². The Balaban J connectivity index is 1.57. The van der Waals surface area contributed by atoms with Gasteiger partial charge in [0, 0.05) is 6.54 Å². The lowest BCUT2D eigenvalue weighted by atomic mass is 10.0. The Bertz CT molecular complexity index is 727. The molecule has 5 heteroatoms. The number of urea groups is 1. The Morgan fingerprint density at radius 3 is 2.40 bits per heavy atom. The molecule has 1 fully saturated rings. The fraction of sp³-hybridized carbons (Fsp3) is 0.350. The molecular weight excluding hydrogens is 316 g/mol. The summed E-state index contributed by atoms with van der Waals surface area (Å²) in [6.07, 6.45) is 2.67. The molecule has 2 amide bonds. The second-order valence-corrected chi connectivity index (χ2v) is 6.27. The molecule has 1 aliphatic rings. The minimum Gasteiger partial charge on any atom is -0.493 e. The van der Waals surface area contributed by atoms with Crippen molar-refractivity contribution in [1.29, 1.82) is 0 Å². The van der Waals surface area contributed by atoms with Crippen LogP contribution in [0.3, 0.4) is 0 Å². The quantitative estimate of drug-likeness (QED) is 0.813. The maximum atomic E-state index is 12.3. The summed E-state index contributed by atoms with van der Waals surface area (Å²) in [5, 5.41) is 6.05. The summed E-state index contributed by atoms with van der Waals surface area (Å²) in [7, 11) is 3.23. The molecular formula is C20H24N2O3. The molecule has 0 radical (unpaired) electrons. The zero-order valence-electron chi connectivity index (χ0n) is 14.7. The molecule has 0 bridgehead atoms. The van der Waals surface area contributed by atoms with Crippen molar-refractivity contribution in [2.24, 2.45) is 0 Å². The summed E-state index contributed by atoms with van der Waals surface area (Å²) < 4.78 is 10.6. The zero-order valence-corrected chi connectivity index (χ0v) is 14.7. The van der Waals surface area contributed by atoms with Crippen LogP contribution in [0.1, 0.15) is 24.0 Å². The number of hydrogen-bond donors (Lipinski definition) is 2. The average molecular weight is 340 g/mol. The molecule has 0 unspecified atom stereocenters. The summed E-state index contributed by atoms with van der Waals surface area (Å²) in [5.74, 6) is 1.37. The van der Waals surface area contributed by atoms with Crippen molar-refractivity contribution in [3.63, 3.8) is 0 Å². The van der Waals surface area contributed by atoms with E-state index in [1.165, 1.54) is 5.56 Å². The van der Waals surface area contributed by atoms with Crippen molar-refractivity contribution in [3.05, 3.63) is 59.7 Å². The molecule has 0 aliphatic heterocycles. The summed E-state index contributed by atoms with van der Waals surface area (Å²) in [5.41, 5.74) is 1.96. The van der Waals surface area contributed by atoms with Gasteiger partial charge in [-0.2, -0.15) is 0 Å². The lowest BCUT2D eigenvalue weighted by Gasteiger charge is -2.20. The third kappa shape index (κ3) is 4.05. The third-order valence-electron chi connectivity index (χ3n) is 4.58. The standard InChI is InChI=1S/C20H24N2O3/c1-24-17-9-8-16(14-18(17)25-2)20(11-12-20)22-19(23)21-13-10-15-6-4-3-5-7-15/h3-9,14H,10-13H2,1-2H3,(H2,21,22,23). The molecule has 2 aromatic carbocycles. The molecule has 1 aliphatic carbocycles. The zero-order chi connectivity index (χ0) is 17.7. The van der Waals surface area contributed by atoms with Crippen LogP contribution in [0, 0.1) is 0 Å². The average Bonchev–Trinajstić information content (AvgIpc) is 3.42. The second-order valence-electron chi connectivity index (χ2n) is 6.27. The SMILES string of the molecule is COc1ccc(C2(NC(=O)NCCc3ccccc3)CC2)cc1OC. The summed E-state index contributed by atoms with van der Waals surface area (Å²) in [4.78, 5) is 12.3. The van der Waals surface area contributed by atoms with E-state index in [0.717, 1.165) is 24.8 Å². The van der Waals surface area contributed by atoms with Gasteiger partial charge in [-0.1, -0.05) is 36.4 Å². The molecule has 2 aromatic rings. The maximum Gasteiger partial charge on any atom is 0.315 e. The first-order chi connectivity index (χ1) is 12.2. The first-order valence-electron chi connectivity index (χ1n) is 8.49. The number of rotatable bonds is 7. The second kappa shape index (κ2) is 7.47. The minimum atomic E-state index is -0.295. The van der Waals surface area contributed by atoms with E-state index in [-0.39, 0.29) is 11.6 Å². The minimum absolute atomic E-state index is 0.136. The maximum absolute atomic E-state index is 12.3. The van der Waals surface area contributed by atoms with E-state index in [1.54, 1.807) is 14.2 Å². The van der Waals surface area contributed by atoms with E-state index in [1.807, 2.05) is 36.4 Å². The fourth-order valence-corrected chi connectivity index (χ4v) is 2.97. The largest absolute Gasteiger partial charge is 0.493 e. The van der Waals surface area contributed by atoms with E-state index in [0.29, 0.717) is 18.0 Å². The van der Waals surface area contributed by atoms with Crippen LogP contribution in [0.2, 0.25) is 0 Å². The normalized spacial score (nSPS) is 14.5. The molecule has 0 heterocycles. The number of methoxy groups -OCH3 is 2. The van der Waals surface area contributed by atoms with E-state index >= 15 is 0 Å². The lowest BCUT2D eigenvalue weighted by Crippen LogP contribution is -2.42. The van der Waals surface area contributed by atoms with Gasteiger partial charge in [-0.25, -0.2) is 4.79 Å². The number of nitrogens with one attached hydrogen (secondary N) is 2.